The number of nitrogens with one attached hydrogen (secondary N) is 1. The standard InChI is InChI=1S/C18H20BrNO3S/c1-12(2)24(22,23)17-10-5-4-9-16(17)18(21)20-13(3)14-7-6-8-15(19)11-14/h4-13H,1-3H3,(H,20,21)/t13-/m1/s1. The minimum absolute atomic E-state index is 0.0685. The zero-order valence-corrected chi connectivity index (χ0v) is 16.2. The monoisotopic (exact) mass is 409 g/mol. The van der Waals surface area contributed by atoms with Gasteiger partial charge in [-0.3, -0.25) is 4.79 Å². The molecule has 2 rings (SSSR count). The lowest BCUT2D eigenvalue weighted by molar-refractivity contribution is 0.0936. The highest BCUT2D eigenvalue weighted by Gasteiger charge is 2.25. The van der Waals surface area contributed by atoms with Gasteiger partial charge in [-0.25, -0.2) is 8.42 Å². The quantitative estimate of drug-likeness (QED) is 0.807. The third kappa shape index (κ3) is 4.05. The third-order valence-electron chi connectivity index (χ3n) is 3.76. The Balaban J connectivity index is 2.31. The number of carbonyl (C=O) groups is 1. The van der Waals surface area contributed by atoms with E-state index in [1.165, 1.54) is 12.1 Å². The molecule has 0 fully saturated rings. The highest BCUT2D eigenvalue weighted by Crippen LogP contribution is 2.22. The van der Waals surface area contributed by atoms with E-state index in [0.717, 1.165) is 10.0 Å². The first-order chi connectivity index (χ1) is 11.2. The third-order valence-corrected chi connectivity index (χ3v) is 6.46. The highest BCUT2D eigenvalue weighted by atomic mass is 79.9. The van der Waals surface area contributed by atoms with E-state index in [9.17, 15) is 13.2 Å². The Bertz CT molecular complexity index is 847. The maximum Gasteiger partial charge on any atom is 0.253 e. The molecular formula is C18H20BrNO3S. The van der Waals surface area contributed by atoms with Crippen LogP contribution in [0.2, 0.25) is 0 Å². The maximum absolute atomic E-state index is 12.6. The SMILES string of the molecule is CC(C)S(=O)(=O)c1ccccc1C(=O)N[C@H](C)c1cccc(Br)c1. The molecule has 0 unspecified atom stereocenters. The summed E-state index contributed by atoms with van der Waals surface area (Å²) in [6, 6.07) is 13.7. The number of hydrogen-bond donors (Lipinski definition) is 1. The highest BCUT2D eigenvalue weighted by molar-refractivity contribution is 9.10. The van der Waals surface area contributed by atoms with Crippen molar-refractivity contribution in [3.05, 3.63) is 64.1 Å². The molecule has 2 aromatic carbocycles. The number of amides is 1. The van der Waals surface area contributed by atoms with Crippen molar-refractivity contribution in [1.29, 1.82) is 0 Å². The van der Waals surface area contributed by atoms with Crippen molar-refractivity contribution in [3.63, 3.8) is 0 Å². The Morgan fingerprint density at radius 1 is 1.04 bits per heavy atom. The van der Waals surface area contributed by atoms with Gasteiger partial charge in [0.1, 0.15) is 0 Å². The maximum atomic E-state index is 12.6. The van der Waals surface area contributed by atoms with Gasteiger partial charge in [-0.1, -0.05) is 40.2 Å². The average Bonchev–Trinajstić information content (AvgIpc) is 2.54. The summed E-state index contributed by atoms with van der Waals surface area (Å²) in [6.45, 7) is 5.07. The van der Waals surface area contributed by atoms with Crippen LogP contribution < -0.4 is 5.32 Å². The molecule has 0 radical (unpaired) electrons. The minimum atomic E-state index is -3.53. The number of rotatable bonds is 5. The largest absolute Gasteiger partial charge is 0.345 e. The van der Waals surface area contributed by atoms with Crippen LogP contribution in [0.4, 0.5) is 0 Å². The first-order valence-corrected chi connectivity index (χ1v) is 9.96. The summed E-state index contributed by atoms with van der Waals surface area (Å²) in [5.41, 5.74) is 1.11. The first-order valence-electron chi connectivity index (χ1n) is 7.62. The topological polar surface area (TPSA) is 63.2 Å². The van der Waals surface area contributed by atoms with Gasteiger partial charge in [0.2, 0.25) is 0 Å². The van der Waals surface area contributed by atoms with Crippen LogP contribution in [0.5, 0.6) is 0 Å². The Morgan fingerprint density at radius 2 is 1.71 bits per heavy atom. The Kier molecular flexibility index (Phi) is 5.83. The summed E-state index contributed by atoms with van der Waals surface area (Å²) in [5, 5.41) is 2.28. The molecule has 6 heteroatoms. The number of sulfone groups is 1. The fourth-order valence-electron chi connectivity index (χ4n) is 2.29. The molecule has 0 spiro atoms. The summed E-state index contributed by atoms with van der Waals surface area (Å²) in [4.78, 5) is 12.7. The van der Waals surface area contributed by atoms with E-state index in [0.29, 0.717) is 0 Å². The van der Waals surface area contributed by atoms with E-state index in [4.69, 9.17) is 0 Å². The lowest BCUT2D eigenvalue weighted by Gasteiger charge is -2.17. The number of hydrogen-bond acceptors (Lipinski definition) is 3. The van der Waals surface area contributed by atoms with Crippen LogP contribution in [-0.2, 0) is 9.84 Å². The number of carbonyl (C=O) groups excluding carboxylic acids is 1. The molecule has 4 nitrogen and oxygen atoms in total. The molecule has 0 saturated heterocycles. The van der Waals surface area contributed by atoms with Gasteiger partial charge >= 0.3 is 0 Å². The molecule has 1 atom stereocenters. The first kappa shape index (κ1) is 18.7. The van der Waals surface area contributed by atoms with Gasteiger partial charge in [0, 0.05) is 4.47 Å². The second-order valence-corrected chi connectivity index (χ2v) is 9.23. The fourth-order valence-corrected chi connectivity index (χ4v) is 3.95. The molecule has 2 aromatic rings. The summed E-state index contributed by atoms with van der Waals surface area (Å²) in [6.07, 6.45) is 0. The van der Waals surface area contributed by atoms with Crippen molar-refractivity contribution < 1.29 is 13.2 Å². The lowest BCUT2D eigenvalue weighted by atomic mass is 10.1. The molecule has 24 heavy (non-hydrogen) atoms. The van der Waals surface area contributed by atoms with Gasteiger partial charge in [-0.15, -0.1) is 0 Å². The normalized spacial score (nSPS) is 12.9. The van der Waals surface area contributed by atoms with E-state index < -0.39 is 21.0 Å². The van der Waals surface area contributed by atoms with Crippen molar-refractivity contribution in [2.75, 3.05) is 0 Å². The van der Waals surface area contributed by atoms with Gasteiger partial charge in [-0.2, -0.15) is 0 Å². The van der Waals surface area contributed by atoms with Crippen LogP contribution in [0.25, 0.3) is 0 Å². The molecule has 0 aliphatic rings. The van der Waals surface area contributed by atoms with Crippen LogP contribution in [-0.4, -0.2) is 19.6 Å². The smallest absolute Gasteiger partial charge is 0.253 e. The van der Waals surface area contributed by atoms with Gasteiger partial charge in [0.05, 0.1) is 21.8 Å². The summed E-state index contributed by atoms with van der Waals surface area (Å²) in [5.74, 6) is -0.401. The van der Waals surface area contributed by atoms with Crippen molar-refractivity contribution in [2.24, 2.45) is 0 Å². The van der Waals surface area contributed by atoms with Gasteiger partial charge in [-0.05, 0) is 50.6 Å². The second kappa shape index (κ2) is 7.49. The van der Waals surface area contributed by atoms with Gasteiger partial charge in [0.25, 0.3) is 5.91 Å². The Labute approximate surface area is 151 Å². The summed E-state index contributed by atoms with van der Waals surface area (Å²) >= 11 is 3.40. The van der Waals surface area contributed by atoms with Crippen LogP contribution in [0.15, 0.2) is 57.9 Å². The van der Waals surface area contributed by atoms with Crippen molar-refractivity contribution in [3.8, 4) is 0 Å². The number of halogens is 1. The lowest BCUT2D eigenvalue weighted by Crippen LogP contribution is -2.29. The molecule has 1 amide bonds. The van der Waals surface area contributed by atoms with Crippen LogP contribution in [0, 0.1) is 0 Å². The molecule has 0 heterocycles. The van der Waals surface area contributed by atoms with Crippen LogP contribution >= 0.6 is 15.9 Å². The molecule has 0 aliphatic heterocycles. The van der Waals surface area contributed by atoms with Crippen molar-refractivity contribution in [2.45, 2.75) is 37.0 Å². The molecule has 0 aromatic heterocycles. The van der Waals surface area contributed by atoms with E-state index in [1.54, 1.807) is 26.0 Å². The molecule has 1 N–H and O–H groups in total. The van der Waals surface area contributed by atoms with Crippen molar-refractivity contribution >= 4 is 31.7 Å². The van der Waals surface area contributed by atoms with E-state index in [2.05, 4.69) is 21.2 Å². The summed E-state index contributed by atoms with van der Waals surface area (Å²) < 4.78 is 25.9. The Hall–Kier alpha value is -1.66. The zero-order valence-electron chi connectivity index (χ0n) is 13.8. The zero-order chi connectivity index (χ0) is 17.9. The predicted molar refractivity (Wildman–Crippen MR) is 98.8 cm³/mol. The minimum Gasteiger partial charge on any atom is -0.345 e. The predicted octanol–water partition coefficient (Wildman–Crippen LogP) is 4.12. The molecule has 0 aliphatic carbocycles. The fraction of sp³-hybridized carbons (Fsp3) is 0.278. The van der Waals surface area contributed by atoms with E-state index in [-0.39, 0.29) is 16.5 Å². The Morgan fingerprint density at radius 3 is 2.33 bits per heavy atom. The van der Waals surface area contributed by atoms with Gasteiger partial charge < -0.3 is 5.32 Å². The molecule has 128 valence electrons. The van der Waals surface area contributed by atoms with Crippen LogP contribution in [0.1, 0.15) is 42.7 Å². The molecular weight excluding hydrogens is 390 g/mol. The van der Waals surface area contributed by atoms with Crippen LogP contribution in [0.3, 0.4) is 0 Å². The van der Waals surface area contributed by atoms with Gasteiger partial charge in [0.15, 0.2) is 9.84 Å². The van der Waals surface area contributed by atoms with E-state index >= 15 is 0 Å². The number of benzene rings is 2. The molecule has 0 bridgehead atoms. The van der Waals surface area contributed by atoms with Crippen molar-refractivity contribution in [1.82, 2.24) is 5.32 Å². The average molecular weight is 410 g/mol. The molecule has 0 saturated carbocycles. The van der Waals surface area contributed by atoms with E-state index in [1.807, 2.05) is 31.2 Å². The summed E-state index contributed by atoms with van der Waals surface area (Å²) in [7, 11) is -3.53. The second-order valence-electron chi connectivity index (χ2n) is 5.84.